The Bertz CT molecular complexity index is 616. The van der Waals surface area contributed by atoms with Crippen molar-refractivity contribution in [3.8, 4) is 0 Å². The van der Waals surface area contributed by atoms with E-state index < -0.39 is 0 Å². The summed E-state index contributed by atoms with van der Waals surface area (Å²) in [5, 5.41) is 0. The number of hydrogen-bond donors (Lipinski definition) is 0. The highest BCUT2D eigenvalue weighted by Gasteiger charge is 2.08. The quantitative estimate of drug-likeness (QED) is 0.526. The summed E-state index contributed by atoms with van der Waals surface area (Å²) in [7, 11) is 2.05. The third-order valence-corrected chi connectivity index (χ3v) is 2.76. The van der Waals surface area contributed by atoms with Crippen LogP contribution in [0.2, 0.25) is 0 Å². The predicted octanol–water partition coefficient (Wildman–Crippen LogP) is 2.13. The van der Waals surface area contributed by atoms with Crippen LogP contribution in [0.4, 0.5) is 0 Å². The summed E-state index contributed by atoms with van der Waals surface area (Å²) in [6.45, 7) is 2.03. The first-order valence-corrected chi connectivity index (χ1v) is 4.66. The van der Waals surface area contributed by atoms with Gasteiger partial charge < -0.3 is 8.97 Å². The fourth-order valence-corrected chi connectivity index (χ4v) is 1.86. The van der Waals surface area contributed by atoms with Gasteiger partial charge in [-0.05, 0) is 19.1 Å². The highest BCUT2D eigenvalue weighted by atomic mass is 15.1. The van der Waals surface area contributed by atoms with Crippen molar-refractivity contribution in [2.45, 2.75) is 6.92 Å². The molecule has 0 saturated carbocycles. The number of aryl methyl sites for hydroxylation is 2. The summed E-state index contributed by atoms with van der Waals surface area (Å²) in [4.78, 5) is 4.54. The highest BCUT2D eigenvalue weighted by molar-refractivity contribution is 5.92. The molecule has 0 aliphatic rings. The van der Waals surface area contributed by atoms with Gasteiger partial charge in [0.25, 0.3) is 0 Å². The van der Waals surface area contributed by atoms with Gasteiger partial charge in [0, 0.05) is 19.4 Å². The SMILES string of the molecule is Cc1nc2c(cn3ccccc23)n1C. The summed E-state index contributed by atoms with van der Waals surface area (Å²) in [6.07, 6.45) is 4.16. The second-order valence-electron chi connectivity index (χ2n) is 3.57. The Kier molecular flexibility index (Phi) is 1.29. The summed E-state index contributed by atoms with van der Waals surface area (Å²) >= 11 is 0. The normalized spacial score (nSPS) is 11.6. The van der Waals surface area contributed by atoms with E-state index in [2.05, 4.69) is 26.2 Å². The minimum Gasteiger partial charge on any atom is -0.330 e. The number of aromatic nitrogens is 3. The molecule has 0 aliphatic heterocycles. The standard InChI is InChI=1S/C11H11N3/c1-8-12-11-9-5-3-4-6-14(9)7-10(11)13(8)2/h3-7H,1-2H3. The van der Waals surface area contributed by atoms with E-state index in [-0.39, 0.29) is 0 Å². The molecule has 0 N–H and O–H groups in total. The number of fused-ring (bicyclic) bond motifs is 3. The van der Waals surface area contributed by atoms with Gasteiger partial charge in [-0.2, -0.15) is 0 Å². The molecule has 3 aromatic rings. The van der Waals surface area contributed by atoms with E-state index in [9.17, 15) is 0 Å². The lowest BCUT2D eigenvalue weighted by atomic mass is 10.4. The minimum absolute atomic E-state index is 1.06. The largest absolute Gasteiger partial charge is 0.330 e. The van der Waals surface area contributed by atoms with E-state index in [1.165, 1.54) is 11.0 Å². The van der Waals surface area contributed by atoms with Gasteiger partial charge in [0.1, 0.15) is 11.3 Å². The molecule has 3 nitrogen and oxygen atoms in total. The van der Waals surface area contributed by atoms with Gasteiger partial charge >= 0.3 is 0 Å². The highest BCUT2D eigenvalue weighted by Crippen LogP contribution is 2.21. The van der Waals surface area contributed by atoms with Crippen molar-refractivity contribution < 1.29 is 0 Å². The monoisotopic (exact) mass is 185 g/mol. The molecular weight excluding hydrogens is 174 g/mol. The molecule has 14 heavy (non-hydrogen) atoms. The first-order chi connectivity index (χ1) is 6.77. The molecule has 0 aliphatic carbocycles. The maximum absolute atomic E-state index is 4.54. The van der Waals surface area contributed by atoms with Crippen LogP contribution in [-0.2, 0) is 7.05 Å². The molecule has 3 rings (SSSR count). The number of pyridine rings is 1. The van der Waals surface area contributed by atoms with E-state index in [1.807, 2.05) is 32.3 Å². The van der Waals surface area contributed by atoms with Crippen LogP contribution >= 0.6 is 0 Å². The van der Waals surface area contributed by atoms with Crippen LogP contribution in [0.25, 0.3) is 16.6 Å². The van der Waals surface area contributed by atoms with Crippen molar-refractivity contribution in [2.24, 2.45) is 7.05 Å². The molecule has 0 bridgehead atoms. The Morgan fingerprint density at radius 2 is 2.07 bits per heavy atom. The predicted molar refractivity (Wildman–Crippen MR) is 56.4 cm³/mol. The zero-order chi connectivity index (χ0) is 9.71. The first kappa shape index (κ1) is 7.62. The van der Waals surface area contributed by atoms with Crippen LogP contribution in [0.3, 0.4) is 0 Å². The number of nitrogens with zero attached hydrogens (tertiary/aromatic N) is 3. The fraction of sp³-hybridized carbons (Fsp3) is 0.182. The van der Waals surface area contributed by atoms with Gasteiger partial charge in [0.2, 0.25) is 0 Å². The summed E-state index contributed by atoms with van der Waals surface area (Å²) in [6, 6.07) is 6.16. The van der Waals surface area contributed by atoms with Gasteiger partial charge in [-0.3, -0.25) is 0 Å². The lowest BCUT2D eigenvalue weighted by Gasteiger charge is -1.94. The minimum atomic E-state index is 1.06. The Balaban J connectivity index is 2.60. The van der Waals surface area contributed by atoms with Crippen LogP contribution in [0.15, 0.2) is 30.6 Å². The van der Waals surface area contributed by atoms with E-state index in [1.54, 1.807) is 0 Å². The van der Waals surface area contributed by atoms with E-state index >= 15 is 0 Å². The summed E-state index contributed by atoms with van der Waals surface area (Å²) < 4.78 is 4.22. The van der Waals surface area contributed by atoms with Crippen LogP contribution in [0, 0.1) is 6.92 Å². The Morgan fingerprint density at radius 1 is 1.21 bits per heavy atom. The molecule has 0 fully saturated rings. The average Bonchev–Trinajstić information content (AvgIpc) is 2.67. The van der Waals surface area contributed by atoms with Gasteiger partial charge in [-0.1, -0.05) is 6.07 Å². The van der Waals surface area contributed by atoms with Gasteiger partial charge in [0.05, 0.1) is 11.0 Å². The smallest absolute Gasteiger partial charge is 0.114 e. The zero-order valence-electron chi connectivity index (χ0n) is 8.23. The van der Waals surface area contributed by atoms with Crippen molar-refractivity contribution >= 4 is 16.6 Å². The van der Waals surface area contributed by atoms with Gasteiger partial charge in [-0.25, -0.2) is 4.98 Å². The lowest BCUT2D eigenvalue weighted by molar-refractivity contribution is 0.882. The molecule has 0 saturated heterocycles. The lowest BCUT2D eigenvalue weighted by Crippen LogP contribution is -1.90. The molecule has 3 aromatic heterocycles. The molecule has 0 amide bonds. The third kappa shape index (κ3) is 0.789. The zero-order valence-corrected chi connectivity index (χ0v) is 8.23. The third-order valence-electron chi connectivity index (χ3n) is 2.76. The maximum atomic E-state index is 4.54. The van der Waals surface area contributed by atoms with Crippen molar-refractivity contribution in [3.63, 3.8) is 0 Å². The van der Waals surface area contributed by atoms with Crippen LogP contribution < -0.4 is 0 Å². The van der Waals surface area contributed by atoms with Crippen LogP contribution in [0.5, 0.6) is 0 Å². The van der Waals surface area contributed by atoms with Gasteiger partial charge in [-0.15, -0.1) is 0 Å². The molecule has 0 spiro atoms. The van der Waals surface area contributed by atoms with E-state index in [4.69, 9.17) is 0 Å². The second-order valence-corrected chi connectivity index (χ2v) is 3.57. The molecule has 0 unspecified atom stereocenters. The first-order valence-electron chi connectivity index (χ1n) is 4.66. The number of hydrogen-bond acceptors (Lipinski definition) is 1. The molecule has 3 heteroatoms. The molecular formula is C11H11N3. The number of imidazole rings is 1. The second kappa shape index (κ2) is 2.38. The van der Waals surface area contributed by atoms with Crippen molar-refractivity contribution in [2.75, 3.05) is 0 Å². The fourth-order valence-electron chi connectivity index (χ4n) is 1.86. The van der Waals surface area contributed by atoms with Crippen molar-refractivity contribution in [1.29, 1.82) is 0 Å². The Labute approximate surface area is 81.6 Å². The summed E-state index contributed by atoms with van der Waals surface area (Å²) in [5.41, 5.74) is 3.45. The maximum Gasteiger partial charge on any atom is 0.114 e. The van der Waals surface area contributed by atoms with Crippen molar-refractivity contribution in [3.05, 3.63) is 36.4 Å². The molecule has 70 valence electrons. The van der Waals surface area contributed by atoms with Crippen molar-refractivity contribution in [1.82, 2.24) is 14.0 Å². The average molecular weight is 185 g/mol. The molecule has 3 heterocycles. The van der Waals surface area contributed by atoms with E-state index in [0.29, 0.717) is 0 Å². The molecule has 0 radical (unpaired) electrons. The number of rotatable bonds is 0. The van der Waals surface area contributed by atoms with Crippen LogP contribution in [0.1, 0.15) is 5.82 Å². The topological polar surface area (TPSA) is 22.2 Å². The Morgan fingerprint density at radius 3 is 2.93 bits per heavy atom. The Hall–Kier alpha value is -1.77. The van der Waals surface area contributed by atoms with Crippen LogP contribution in [-0.4, -0.2) is 14.0 Å². The van der Waals surface area contributed by atoms with Gasteiger partial charge in [0.15, 0.2) is 0 Å². The molecule has 0 atom stereocenters. The van der Waals surface area contributed by atoms with E-state index in [0.717, 1.165) is 11.3 Å². The summed E-state index contributed by atoms with van der Waals surface area (Å²) in [5.74, 6) is 1.06. The molecule has 0 aromatic carbocycles.